The second kappa shape index (κ2) is 5.60. The largest absolute Gasteiger partial charge is 0.399 e. The van der Waals surface area contributed by atoms with E-state index in [1.165, 1.54) is 13.1 Å². The molecule has 6 heteroatoms. The van der Waals surface area contributed by atoms with E-state index < -0.39 is 15.8 Å². The lowest BCUT2D eigenvalue weighted by Gasteiger charge is -2.17. The fraction of sp³-hybridized carbons (Fsp3) is 0.143. The smallest absolute Gasteiger partial charge is 0.243 e. The van der Waals surface area contributed by atoms with Gasteiger partial charge in [-0.05, 0) is 23.8 Å². The number of rotatable bonds is 4. The van der Waals surface area contributed by atoms with Gasteiger partial charge in [-0.2, -0.15) is 4.31 Å². The predicted octanol–water partition coefficient (Wildman–Crippen LogP) is 2.23. The van der Waals surface area contributed by atoms with E-state index in [9.17, 15) is 12.8 Å². The molecular formula is C14H15FN2O2S. The molecule has 0 aliphatic carbocycles. The van der Waals surface area contributed by atoms with Crippen LogP contribution in [0.1, 0.15) is 5.56 Å². The normalized spacial score (nSPS) is 11.8. The van der Waals surface area contributed by atoms with Crippen molar-refractivity contribution in [3.8, 4) is 0 Å². The third-order valence-electron chi connectivity index (χ3n) is 2.85. The first-order valence-electron chi connectivity index (χ1n) is 5.96. The van der Waals surface area contributed by atoms with E-state index in [4.69, 9.17) is 5.73 Å². The first-order valence-corrected chi connectivity index (χ1v) is 7.40. The van der Waals surface area contributed by atoms with Crippen LogP contribution >= 0.6 is 0 Å². The Hall–Kier alpha value is -1.92. The lowest BCUT2D eigenvalue weighted by atomic mass is 10.2. The molecule has 106 valence electrons. The van der Waals surface area contributed by atoms with E-state index in [1.54, 1.807) is 0 Å². The number of nitrogen functional groups attached to an aromatic ring is 1. The van der Waals surface area contributed by atoms with Crippen LogP contribution in [0.25, 0.3) is 0 Å². The molecule has 0 radical (unpaired) electrons. The zero-order valence-electron chi connectivity index (χ0n) is 11.0. The first kappa shape index (κ1) is 14.5. The van der Waals surface area contributed by atoms with Crippen LogP contribution in [0.4, 0.5) is 10.1 Å². The monoisotopic (exact) mass is 294 g/mol. The van der Waals surface area contributed by atoms with Crippen molar-refractivity contribution in [2.75, 3.05) is 12.8 Å². The van der Waals surface area contributed by atoms with Gasteiger partial charge in [-0.25, -0.2) is 12.8 Å². The molecule has 2 rings (SSSR count). The first-order chi connectivity index (χ1) is 9.39. The van der Waals surface area contributed by atoms with Gasteiger partial charge in [-0.1, -0.05) is 30.3 Å². The molecule has 0 amide bonds. The Labute approximate surface area is 117 Å². The zero-order valence-corrected chi connectivity index (χ0v) is 11.8. The highest BCUT2D eigenvalue weighted by molar-refractivity contribution is 7.89. The van der Waals surface area contributed by atoms with Gasteiger partial charge in [0.15, 0.2) is 0 Å². The van der Waals surface area contributed by atoms with Crippen LogP contribution in [-0.4, -0.2) is 19.8 Å². The van der Waals surface area contributed by atoms with Crippen LogP contribution in [-0.2, 0) is 16.6 Å². The van der Waals surface area contributed by atoms with Gasteiger partial charge in [0.1, 0.15) is 5.82 Å². The van der Waals surface area contributed by atoms with E-state index in [0.29, 0.717) is 0 Å². The molecule has 2 N–H and O–H groups in total. The standard InChI is InChI=1S/C14H15FN2O2S/c1-17(10-11-5-3-2-4-6-11)20(18,19)14-8-12(15)7-13(16)9-14/h2-9H,10,16H2,1H3. The van der Waals surface area contributed by atoms with Crippen molar-refractivity contribution in [2.24, 2.45) is 0 Å². The number of hydrogen-bond donors (Lipinski definition) is 1. The van der Waals surface area contributed by atoms with E-state index in [0.717, 1.165) is 22.0 Å². The second-order valence-electron chi connectivity index (χ2n) is 4.47. The molecule has 0 bridgehead atoms. The van der Waals surface area contributed by atoms with E-state index >= 15 is 0 Å². The van der Waals surface area contributed by atoms with Gasteiger partial charge in [-0.15, -0.1) is 0 Å². The SMILES string of the molecule is CN(Cc1ccccc1)S(=O)(=O)c1cc(N)cc(F)c1. The molecular weight excluding hydrogens is 279 g/mol. The Bertz CT molecular complexity index is 682. The molecule has 0 heterocycles. The maximum Gasteiger partial charge on any atom is 0.243 e. The van der Waals surface area contributed by atoms with Crippen molar-refractivity contribution >= 4 is 15.7 Å². The number of hydrogen-bond acceptors (Lipinski definition) is 3. The molecule has 0 aromatic heterocycles. The third kappa shape index (κ3) is 3.15. The highest BCUT2D eigenvalue weighted by atomic mass is 32.2. The average molecular weight is 294 g/mol. The quantitative estimate of drug-likeness (QED) is 0.880. The van der Waals surface area contributed by atoms with Gasteiger partial charge in [0.05, 0.1) is 4.90 Å². The van der Waals surface area contributed by atoms with E-state index in [-0.39, 0.29) is 17.1 Å². The fourth-order valence-electron chi connectivity index (χ4n) is 1.84. The number of halogens is 1. The summed E-state index contributed by atoms with van der Waals surface area (Å²) in [5.41, 5.74) is 6.42. The number of nitrogens with two attached hydrogens (primary N) is 1. The van der Waals surface area contributed by atoms with E-state index in [1.807, 2.05) is 30.3 Å². The molecule has 0 aliphatic rings. The summed E-state index contributed by atoms with van der Waals surface area (Å²) >= 11 is 0. The van der Waals surface area contributed by atoms with Crippen molar-refractivity contribution in [1.29, 1.82) is 0 Å². The molecule has 0 atom stereocenters. The van der Waals surface area contributed by atoms with Gasteiger partial charge >= 0.3 is 0 Å². The molecule has 0 fully saturated rings. The summed E-state index contributed by atoms with van der Waals surface area (Å²) in [5.74, 6) is -0.670. The van der Waals surface area contributed by atoms with Gasteiger partial charge in [-0.3, -0.25) is 0 Å². The lowest BCUT2D eigenvalue weighted by molar-refractivity contribution is 0.466. The molecule has 0 saturated heterocycles. The Balaban J connectivity index is 2.30. The minimum Gasteiger partial charge on any atom is -0.399 e. The Morgan fingerprint density at radius 3 is 2.40 bits per heavy atom. The summed E-state index contributed by atoms with van der Waals surface area (Å²) in [4.78, 5) is -0.145. The molecule has 4 nitrogen and oxygen atoms in total. The maximum atomic E-state index is 13.3. The van der Waals surface area contributed by atoms with Crippen LogP contribution in [0.2, 0.25) is 0 Å². The Morgan fingerprint density at radius 2 is 1.80 bits per heavy atom. The minimum atomic E-state index is -3.77. The molecule has 0 saturated carbocycles. The zero-order chi connectivity index (χ0) is 14.8. The van der Waals surface area contributed by atoms with E-state index in [2.05, 4.69) is 0 Å². The number of anilines is 1. The molecule has 2 aromatic carbocycles. The molecule has 2 aromatic rings. The number of benzene rings is 2. The summed E-state index contributed by atoms with van der Waals surface area (Å²) in [5, 5.41) is 0. The number of nitrogens with zero attached hydrogens (tertiary/aromatic N) is 1. The third-order valence-corrected chi connectivity index (χ3v) is 4.63. The maximum absolute atomic E-state index is 13.3. The van der Waals surface area contributed by atoms with Crippen molar-refractivity contribution in [3.63, 3.8) is 0 Å². The van der Waals surface area contributed by atoms with Crippen molar-refractivity contribution in [2.45, 2.75) is 11.4 Å². The second-order valence-corrected chi connectivity index (χ2v) is 6.51. The van der Waals surface area contributed by atoms with Crippen molar-refractivity contribution in [1.82, 2.24) is 4.31 Å². The highest BCUT2D eigenvalue weighted by Gasteiger charge is 2.22. The van der Waals surface area contributed by atoms with Crippen molar-refractivity contribution < 1.29 is 12.8 Å². The predicted molar refractivity (Wildman–Crippen MR) is 75.9 cm³/mol. The Morgan fingerprint density at radius 1 is 1.15 bits per heavy atom. The number of sulfonamides is 1. The van der Waals surface area contributed by atoms with Crippen LogP contribution in [0.3, 0.4) is 0 Å². The highest BCUT2D eigenvalue weighted by Crippen LogP contribution is 2.20. The molecule has 0 aliphatic heterocycles. The fourth-order valence-corrected chi connectivity index (χ4v) is 3.06. The summed E-state index contributed by atoms with van der Waals surface area (Å²) in [6, 6.07) is 12.5. The summed E-state index contributed by atoms with van der Waals surface area (Å²) in [6.45, 7) is 0.208. The Kier molecular flexibility index (Phi) is 4.06. The van der Waals surface area contributed by atoms with Gasteiger partial charge in [0, 0.05) is 19.3 Å². The summed E-state index contributed by atoms with van der Waals surface area (Å²) < 4.78 is 39.1. The lowest BCUT2D eigenvalue weighted by Crippen LogP contribution is -2.26. The minimum absolute atomic E-state index is 0.0803. The van der Waals surface area contributed by atoms with Crippen LogP contribution < -0.4 is 5.73 Å². The van der Waals surface area contributed by atoms with Crippen molar-refractivity contribution in [3.05, 3.63) is 59.9 Å². The van der Waals surface area contributed by atoms with Crippen LogP contribution in [0, 0.1) is 5.82 Å². The van der Waals surface area contributed by atoms with Gasteiger partial charge < -0.3 is 5.73 Å². The van der Waals surface area contributed by atoms with Crippen LogP contribution in [0.15, 0.2) is 53.4 Å². The van der Waals surface area contributed by atoms with Gasteiger partial charge in [0.25, 0.3) is 0 Å². The molecule has 0 spiro atoms. The van der Waals surface area contributed by atoms with Gasteiger partial charge in [0.2, 0.25) is 10.0 Å². The topological polar surface area (TPSA) is 63.4 Å². The molecule has 20 heavy (non-hydrogen) atoms. The van der Waals surface area contributed by atoms with Crippen LogP contribution in [0.5, 0.6) is 0 Å². The molecule has 0 unspecified atom stereocenters. The average Bonchev–Trinajstić information content (AvgIpc) is 2.38. The summed E-state index contributed by atoms with van der Waals surface area (Å²) in [6.07, 6.45) is 0. The summed E-state index contributed by atoms with van der Waals surface area (Å²) in [7, 11) is -2.32.